The number of fused-ring (bicyclic) bond motifs is 2. The van der Waals surface area contributed by atoms with Crippen molar-refractivity contribution in [3.8, 4) is 0 Å². The van der Waals surface area contributed by atoms with Gasteiger partial charge in [-0.05, 0) is 52.2 Å². The number of hydrogen-bond acceptors (Lipinski definition) is 6. The van der Waals surface area contributed by atoms with Gasteiger partial charge in [0, 0.05) is 0 Å². The van der Waals surface area contributed by atoms with Gasteiger partial charge in [0.2, 0.25) is 5.91 Å². The first kappa shape index (κ1) is 24.0. The van der Waals surface area contributed by atoms with Gasteiger partial charge >= 0.3 is 5.97 Å². The Labute approximate surface area is 206 Å². The first-order chi connectivity index (χ1) is 16.3. The van der Waals surface area contributed by atoms with Crippen LogP contribution in [0, 0.1) is 5.41 Å². The third kappa shape index (κ3) is 3.44. The molecule has 8 heteroatoms. The molecule has 3 fully saturated rings. The molecular weight excluding hydrogens is 466 g/mol. The second-order valence-corrected chi connectivity index (χ2v) is 13.8. The van der Waals surface area contributed by atoms with Crippen LogP contribution in [-0.4, -0.2) is 53.1 Å². The molecule has 0 N–H and O–H groups in total. The number of benzene rings is 2. The van der Waals surface area contributed by atoms with Crippen LogP contribution < -0.4 is 0 Å². The van der Waals surface area contributed by atoms with Crippen LogP contribution >= 0.6 is 0 Å². The van der Waals surface area contributed by atoms with E-state index in [1.807, 2.05) is 81.4 Å². The van der Waals surface area contributed by atoms with E-state index in [4.69, 9.17) is 9.47 Å². The lowest BCUT2D eigenvalue weighted by molar-refractivity contribution is -0.174. The van der Waals surface area contributed by atoms with Crippen LogP contribution in [0.3, 0.4) is 0 Å². The molecular formula is C27H31NO6S. The van der Waals surface area contributed by atoms with Gasteiger partial charge in [0.05, 0.1) is 16.5 Å². The fraction of sp³-hybridized carbons (Fsp3) is 0.481. The minimum absolute atomic E-state index is 0.344. The number of carbonyl (C=O) groups is 2. The van der Waals surface area contributed by atoms with Crippen LogP contribution in [0.1, 0.15) is 58.3 Å². The van der Waals surface area contributed by atoms with Crippen molar-refractivity contribution in [3.05, 3.63) is 71.8 Å². The van der Waals surface area contributed by atoms with E-state index >= 15 is 0 Å². The summed E-state index contributed by atoms with van der Waals surface area (Å²) in [4.78, 5) is 28.3. The van der Waals surface area contributed by atoms with Crippen molar-refractivity contribution >= 4 is 21.7 Å². The molecule has 4 atom stereocenters. The van der Waals surface area contributed by atoms with E-state index in [1.165, 1.54) is 18.7 Å². The van der Waals surface area contributed by atoms with Crippen molar-refractivity contribution in [2.45, 2.75) is 75.0 Å². The minimum atomic E-state index is -3.87. The lowest BCUT2D eigenvalue weighted by atomic mass is 9.88. The number of amides is 1. The van der Waals surface area contributed by atoms with Crippen molar-refractivity contribution in [1.29, 1.82) is 0 Å². The summed E-state index contributed by atoms with van der Waals surface area (Å²) >= 11 is 0. The maximum absolute atomic E-state index is 13.7. The number of ether oxygens (including phenoxy) is 2. The standard InChI is InChI=1S/C27H31NO6S/c1-25(2,3)34-19-16-27(19)23(30)28-21(26(4,5)35(31,32)24(27)28)22(29)33-20(17-12-8-6-9-13-17)18-14-10-7-11-15-18/h6-15,19-21,24H,16H2,1-5H3/t19?,21-,24+,27?/m0/s1. The van der Waals surface area contributed by atoms with Gasteiger partial charge in [0.1, 0.15) is 11.5 Å². The highest BCUT2D eigenvalue weighted by Crippen LogP contribution is 2.67. The van der Waals surface area contributed by atoms with Gasteiger partial charge in [0.25, 0.3) is 0 Å². The van der Waals surface area contributed by atoms with Crippen molar-refractivity contribution in [3.63, 3.8) is 0 Å². The number of sulfone groups is 1. The first-order valence-corrected chi connectivity index (χ1v) is 13.4. The van der Waals surface area contributed by atoms with Crippen LogP contribution in [0.2, 0.25) is 0 Å². The summed E-state index contributed by atoms with van der Waals surface area (Å²) in [5, 5.41) is -1.07. The Bertz CT molecular complexity index is 1230. The van der Waals surface area contributed by atoms with E-state index in [-0.39, 0.29) is 5.91 Å². The van der Waals surface area contributed by atoms with E-state index in [1.54, 1.807) is 0 Å². The zero-order chi connectivity index (χ0) is 25.4. The zero-order valence-corrected chi connectivity index (χ0v) is 21.4. The van der Waals surface area contributed by atoms with Gasteiger partial charge in [-0.3, -0.25) is 4.79 Å². The van der Waals surface area contributed by atoms with Crippen molar-refractivity contribution in [2.75, 3.05) is 0 Å². The van der Waals surface area contributed by atoms with E-state index in [0.29, 0.717) is 6.42 Å². The largest absolute Gasteiger partial charge is 0.451 e. The number of β-lactam (4-membered cyclic amide) rings is 1. The summed E-state index contributed by atoms with van der Waals surface area (Å²) in [5.74, 6) is -1.07. The highest BCUT2D eigenvalue weighted by molar-refractivity contribution is 7.94. The maximum atomic E-state index is 13.7. The molecule has 2 aliphatic heterocycles. The first-order valence-electron chi connectivity index (χ1n) is 11.9. The Hall–Kier alpha value is -2.71. The number of nitrogens with zero attached hydrogens (tertiary/aromatic N) is 1. The van der Waals surface area contributed by atoms with Gasteiger partial charge in [-0.2, -0.15) is 0 Å². The summed E-state index contributed by atoms with van der Waals surface area (Å²) in [6.07, 6.45) is -0.860. The predicted molar refractivity (Wildman–Crippen MR) is 130 cm³/mol. The molecule has 1 amide bonds. The zero-order valence-electron chi connectivity index (χ0n) is 20.6. The second-order valence-electron chi connectivity index (χ2n) is 11.2. The normalized spacial score (nSPS) is 30.2. The average molecular weight is 498 g/mol. The van der Waals surface area contributed by atoms with Gasteiger partial charge in [0.15, 0.2) is 21.3 Å². The van der Waals surface area contributed by atoms with E-state index in [9.17, 15) is 18.0 Å². The molecule has 1 saturated carbocycles. The molecule has 5 rings (SSSR count). The number of carbonyl (C=O) groups excluding carboxylic acids is 2. The predicted octanol–water partition coefficient (Wildman–Crippen LogP) is 3.64. The molecule has 1 spiro atoms. The summed E-state index contributed by atoms with van der Waals surface area (Å²) in [5.41, 5.74) is -0.0932. The highest BCUT2D eigenvalue weighted by atomic mass is 32.2. The van der Waals surface area contributed by atoms with Crippen molar-refractivity contribution < 1.29 is 27.5 Å². The highest BCUT2D eigenvalue weighted by Gasteiger charge is 2.86. The average Bonchev–Trinajstić information content (AvgIpc) is 3.48. The van der Waals surface area contributed by atoms with E-state index in [0.717, 1.165) is 11.1 Å². The third-order valence-electron chi connectivity index (χ3n) is 7.39. The lowest BCUT2D eigenvalue weighted by Crippen LogP contribution is -2.66. The van der Waals surface area contributed by atoms with E-state index < -0.39 is 55.2 Å². The summed E-state index contributed by atoms with van der Waals surface area (Å²) in [7, 11) is -3.87. The molecule has 186 valence electrons. The monoisotopic (exact) mass is 497 g/mol. The van der Waals surface area contributed by atoms with Gasteiger partial charge < -0.3 is 14.4 Å². The van der Waals surface area contributed by atoms with Gasteiger partial charge in [-0.25, -0.2) is 13.2 Å². The van der Waals surface area contributed by atoms with Crippen LogP contribution in [0.4, 0.5) is 0 Å². The summed E-state index contributed by atoms with van der Waals surface area (Å²) in [6.45, 7) is 8.65. The van der Waals surface area contributed by atoms with Crippen LogP contribution in [0.15, 0.2) is 60.7 Å². The molecule has 3 aliphatic rings. The van der Waals surface area contributed by atoms with Crippen LogP contribution in [0.5, 0.6) is 0 Å². The maximum Gasteiger partial charge on any atom is 0.331 e. The topological polar surface area (TPSA) is 90.0 Å². The smallest absolute Gasteiger partial charge is 0.331 e. The third-order valence-corrected chi connectivity index (χ3v) is 10.3. The Morgan fingerprint density at radius 1 is 1.00 bits per heavy atom. The SMILES string of the molecule is CC(C)(C)OC1CC12C(=O)N1[C@@H](C(=O)OC(c3ccccc3)c3ccccc3)C(C)(C)S(=O)(=O)[C@@H]12. The summed E-state index contributed by atoms with van der Waals surface area (Å²) < 4.78 is 37.8. The lowest BCUT2D eigenvalue weighted by Gasteiger charge is -2.44. The molecule has 0 bridgehead atoms. The fourth-order valence-electron chi connectivity index (χ4n) is 5.56. The second kappa shape index (κ2) is 7.64. The molecule has 2 heterocycles. The number of rotatable bonds is 5. The molecule has 0 radical (unpaired) electrons. The van der Waals surface area contributed by atoms with E-state index in [2.05, 4.69) is 0 Å². The number of hydrogen-bond donors (Lipinski definition) is 0. The molecule has 2 saturated heterocycles. The van der Waals surface area contributed by atoms with Crippen LogP contribution in [0.25, 0.3) is 0 Å². The Morgan fingerprint density at radius 3 is 2.00 bits per heavy atom. The Morgan fingerprint density at radius 2 is 1.51 bits per heavy atom. The molecule has 0 aromatic heterocycles. The molecule has 7 nitrogen and oxygen atoms in total. The minimum Gasteiger partial charge on any atom is -0.451 e. The van der Waals surface area contributed by atoms with Crippen LogP contribution in [-0.2, 0) is 28.9 Å². The molecule has 1 aliphatic carbocycles. The summed E-state index contributed by atoms with van der Waals surface area (Å²) in [6, 6.07) is 17.3. The molecule has 2 aromatic rings. The van der Waals surface area contributed by atoms with Crippen molar-refractivity contribution in [2.24, 2.45) is 5.41 Å². The van der Waals surface area contributed by atoms with Gasteiger partial charge in [-0.1, -0.05) is 60.7 Å². The Kier molecular flexibility index (Phi) is 5.24. The van der Waals surface area contributed by atoms with Crippen molar-refractivity contribution in [1.82, 2.24) is 4.90 Å². The quantitative estimate of drug-likeness (QED) is 0.463. The Balaban J connectivity index is 1.47. The molecule has 2 aromatic carbocycles. The molecule has 2 unspecified atom stereocenters. The van der Waals surface area contributed by atoms with Gasteiger partial charge in [-0.15, -0.1) is 0 Å². The fourth-order valence-corrected chi connectivity index (χ4v) is 8.08. The number of esters is 1. The molecule has 35 heavy (non-hydrogen) atoms.